The molecule has 0 saturated carbocycles. The van der Waals surface area contributed by atoms with Crippen molar-refractivity contribution >= 4 is 43.6 Å². The van der Waals surface area contributed by atoms with Gasteiger partial charge in [0.05, 0.1) is 16.6 Å². The van der Waals surface area contributed by atoms with Gasteiger partial charge >= 0.3 is 0 Å². The van der Waals surface area contributed by atoms with Gasteiger partial charge in [-0.3, -0.25) is 4.21 Å². The molecule has 0 aromatic heterocycles. The zero-order valence-corrected chi connectivity index (χ0v) is 14.3. The molecule has 0 fully saturated rings. The fraction of sp³-hybridized carbons (Fsp3) is 0.0526. The van der Waals surface area contributed by atoms with Gasteiger partial charge in [-0.05, 0) is 40.1 Å². The van der Waals surface area contributed by atoms with Crippen LogP contribution in [0.5, 0.6) is 0 Å². The molecule has 0 amide bonds. The lowest BCUT2D eigenvalue weighted by molar-refractivity contribution is 0.688. The predicted octanol–water partition coefficient (Wildman–Crippen LogP) is 5.52. The largest absolute Gasteiger partial charge is 0.255 e. The van der Waals surface area contributed by atoms with Crippen LogP contribution in [0.1, 0.15) is 11.1 Å². The zero-order valence-electron chi connectivity index (χ0n) is 11.9. The van der Waals surface area contributed by atoms with Crippen LogP contribution in [0.15, 0.2) is 76.6 Å². The highest BCUT2D eigenvalue weighted by molar-refractivity contribution is 9.10. The van der Waals surface area contributed by atoms with E-state index in [4.69, 9.17) is 0 Å². The molecular weight excluding hydrogens is 356 g/mol. The van der Waals surface area contributed by atoms with Crippen LogP contribution in [-0.2, 0) is 16.6 Å². The third kappa shape index (κ3) is 3.73. The lowest BCUT2D eigenvalue weighted by Crippen LogP contribution is -1.91. The Balaban J connectivity index is 1.78. The molecule has 3 heteroatoms. The SMILES string of the molecule is O=S(/C=C/c1cccc2ccccc12)Cc1ccc(Br)cc1. The number of hydrogen-bond acceptors (Lipinski definition) is 1. The maximum absolute atomic E-state index is 12.2. The van der Waals surface area contributed by atoms with Crippen molar-refractivity contribution in [3.63, 3.8) is 0 Å². The number of rotatable bonds is 4. The van der Waals surface area contributed by atoms with E-state index in [9.17, 15) is 4.21 Å². The van der Waals surface area contributed by atoms with Crippen LogP contribution < -0.4 is 0 Å². The van der Waals surface area contributed by atoms with E-state index in [1.54, 1.807) is 5.41 Å². The molecule has 0 heterocycles. The highest BCUT2D eigenvalue weighted by Gasteiger charge is 2.00. The highest BCUT2D eigenvalue weighted by Crippen LogP contribution is 2.20. The van der Waals surface area contributed by atoms with E-state index in [-0.39, 0.29) is 0 Å². The smallest absolute Gasteiger partial charge is 0.0526 e. The van der Waals surface area contributed by atoms with Gasteiger partial charge in [-0.2, -0.15) is 0 Å². The number of halogens is 1. The molecule has 1 atom stereocenters. The molecule has 0 aliphatic rings. The molecule has 0 aliphatic heterocycles. The second-order valence-electron chi connectivity index (χ2n) is 5.02. The topological polar surface area (TPSA) is 17.1 Å². The van der Waals surface area contributed by atoms with Crippen LogP contribution >= 0.6 is 15.9 Å². The Kier molecular flexibility index (Phi) is 4.86. The third-order valence-electron chi connectivity index (χ3n) is 3.44. The molecule has 0 N–H and O–H groups in total. The molecular formula is C19H15BrOS. The minimum absolute atomic E-state index is 0.536. The van der Waals surface area contributed by atoms with Crippen molar-refractivity contribution in [1.29, 1.82) is 0 Å². The van der Waals surface area contributed by atoms with Crippen LogP contribution in [0.25, 0.3) is 16.8 Å². The van der Waals surface area contributed by atoms with Crippen molar-refractivity contribution in [2.45, 2.75) is 5.75 Å². The van der Waals surface area contributed by atoms with Crippen molar-refractivity contribution in [3.8, 4) is 0 Å². The second-order valence-corrected chi connectivity index (χ2v) is 7.26. The average Bonchev–Trinajstić information content (AvgIpc) is 2.55. The molecule has 0 bridgehead atoms. The van der Waals surface area contributed by atoms with Gasteiger partial charge < -0.3 is 0 Å². The highest BCUT2D eigenvalue weighted by atomic mass is 79.9. The Morgan fingerprint density at radius 1 is 0.909 bits per heavy atom. The third-order valence-corrected chi connectivity index (χ3v) is 5.03. The fourth-order valence-corrected chi connectivity index (χ4v) is 3.52. The van der Waals surface area contributed by atoms with Gasteiger partial charge in [0.1, 0.15) is 0 Å². The van der Waals surface area contributed by atoms with E-state index >= 15 is 0 Å². The van der Waals surface area contributed by atoms with Gasteiger partial charge in [0.25, 0.3) is 0 Å². The monoisotopic (exact) mass is 370 g/mol. The first-order valence-corrected chi connectivity index (χ1v) is 9.17. The first kappa shape index (κ1) is 15.2. The van der Waals surface area contributed by atoms with Gasteiger partial charge in [-0.1, -0.05) is 70.5 Å². The van der Waals surface area contributed by atoms with Crippen LogP contribution in [0.3, 0.4) is 0 Å². The number of benzene rings is 3. The summed E-state index contributed by atoms with van der Waals surface area (Å²) in [5.41, 5.74) is 2.17. The standard InChI is InChI=1S/C19H15BrOS/c20-18-10-8-15(9-11-18)14-22(21)13-12-17-6-3-5-16-4-1-2-7-19(16)17/h1-13H,14H2/b13-12+. The number of hydrogen-bond donors (Lipinski definition) is 0. The van der Waals surface area contributed by atoms with Crippen molar-refractivity contribution in [1.82, 2.24) is 0 Å². The van der Waals surface area contributed by atoms with Gasteiger partial charge in [0.2, 0.25) is 0 Å². The maximum atomic E-state index is 12.2. The molecule has 1 nitrogen and oxygen atoms in total. The van der Waals surface area contributed by atoms with Crippen molar-refractivity contribution in [3.05, 3.63) is 87.7 Å². The van der Waals surface area contributed by atoms with Gasteiger partial charge in [-0.25, -0.2) is 0 Å². The molecule has 3 aromatic rings. The summed E-state index contributed by atoms with van der Waals surface area (Å²) < 4.78 is 13.3. The van der Waals surface area contributed by atoms with Crippen LogP contribution in [-0.4, -0.2) is 4.21 Å². The summed E-state index contributed by atoms with van der Waals surface area (Å²) in [6.07, 6.45) is 1.96. The van der Waals surface area contributed by atoms with E-state index in [0.29, 0.717) is 5.75 Å². The van der Waals surface area contributed by atoms with E-state index < -0.39 is 10.8 Å². The van der Waals surface area contributed by atoms with E-state index in [0.717, 1.165) is 15.6 Å². The Morgan fingerprint density at radius 2 is 1.64 bits per heavy atom. The quantitative estimate of drug-likeness (QED) is 0.590. The second kappa shape index (κ2) is 7.03. The summed E-state index contributed by atoms with van der Waals surface area (Å²) in [7, 11) is -1.02. The maximum Gasteiger partial charge on any atom is 0.0526 e. The lowest BCUT2D eigenvalue weighted by atomic mass is 10.1. The van der Waals surface area contributed by atoms with Crippen LogP contribution in [0, 0.1) is 0 Å². The zero-order chi connectivity index (χ0) is 15.4. The Bertz CT molecular complexity index is 832. The number of fused-ring (bicyclic) bond motifs is 1. The predicted molar refractivity (Wildman–Crippen MR) is 99.0 cm³/mol. The fourth-order valence-electron chi connectivity index (χ4n) is 2.34. The summed E-state index contributed by atoms with van der Waals surface area (Å²) in [5.74, 6) is 0.536. The molecule has 0 spiro atoms. The molecule has 3 rings (SSSR count). The minimum atomic E-state index is -1.02. The average molecular weight is 371 g/mol. The van der Waals surface area contributed by atoms with E-state index in [2.05, 4.69) is 40.2 Å². The summed E-state index contributed by atoms with van der Waals surface area (Å²) in [6.45, 7) is 0. The summed E-state index contributed by atoms with van der Waals surface area (Å²) in [6, 6.07) is 22.3. The van der Waals surface area contributed by atoms with Gasteiger partial charge in [0, 0.05) is 9.88 Å². The minimum Gasteiger partial charge on any atom is -0.255 e. The van der Waals surface area contributed by atoms with Crippen molar-refractivity contribution in [2.75, 3.05) is 0 Å². The van der Waals surface area contributed by atoms with E-state index in [1.165, 1.54) is 10.8 Å². The molecule has 1 unspecified atom stereocenters. The van der Waals surface area contributed by atoms with Crippen molar-refractivity contribution < 1.29 is 4.21 Å². The van der Waals surface area contributed by atoms with Gasteiger partial charge in [0.15, 0.2) is 0 Å². The Morgan fingerprint density at radius 3 is 2.45 bits per heavy atom. The molecule has 110 valence electrons. The Hall–Kier alpha value is -1.71. The van der Waals surface area contributed by atoms with E-state index in [1.807, 2.05) is 48.5 Å². The van der Waals surface area contributed by atoms with Crippen LogP contribution in [0.4, 0.5) is 0 Å². The summed E-state index contributed by atoms with van der Waals surface area (Å²) >= 11 is 3.41. The first-order chi connectivity index (χ1) is 10.7. The van der Waals surface area contributed by atoms with Crippen molar-refractivity contribution in [2.24, 2.45) is 0 Å². The normalized spacial score (nSPS) is 12.8. The summed E-state index contributed by atoms with van der Waals surface area (Å²) in [5, 5.41) is 4.16. The summed E-state index contributed by atoms with van der Waals surface area (Å²) in [4.78, 5) is 0. The lowest BCUT2D eigenvalue weighted by Gasteiger charge is -2.02. The Labute approximate surface area is 141 Å². The van der Waals surface area contributed by atoms with Gasteiger partial charge in [-0.15, -0.1) is 0 Å². The molecule has 3 aromatic carbocycles. The first-order valence-electron chi connectivity index (χ1n) is 7.00. The molecule has 0 saturated heterocycles. The van der Waals surface area contributed by atoms with Crippen LogP contribution in [0.2, 0.25) is 0 Å². The molecule has 0 aliphatic carbocycles. The molecule has 22 heavy (non-hydrogen) atoms. The molecule has 0 radical (unpaired) electrons.